The molecule has 4 aromatic rings. The molecule has 4 aromatic carbocycles. The van der Waals surface area contributed by atoms with Crippen LogP contribution in [0.3, 0.4) is 0 Å². The molecule has 4 aliphatic rings. The summed E-state index contributed by atoms with van der Waals surface area (Å²) in [7, 11) is 0. The van der Waals surface area contributed by atoms with Gasteiger partial charge in [-0.3, -0.25) is 4.79 Å². The zero-order valence-corrected chi connectivity index (χ0v) is 23.6. The molecule has 0 radical (unpaired) electrons. The fourth-order valence-corrected chi connectivity index (χ4v) is 8.56. The number of hydrogen-bond donors (Lipinski definition) is 1. The summed E-state index contributed by atoms with van der Waals surface area (Å²) in [5, 5.41) is 10.9. The van der Waals surface area contributed by atoms with Gasteiger partial charge in [0.05, 0.1) is 6.10 Å². The summed E-state index contributed by atoms with van der Waals surface area (Å²) in [6.07, 6.45) is 6.08. The van der Waals surface area contributed by atoms with Gasteiger partial charge in [-0.2, -0.15) is 0 Å². The van der Waals surface area contributed by atoms with Crippen LogP contribution in [0.5, 0.6) is 0 Å². The molecule has 40 heavy (non-hydrogen) atoms. The van der Waals surface area contributed by atoms with E-state index < -0.39 is 0 Å². The molecular weight excluding hydrogens is 488 g/mol. The summed E-state index contributed by atoms with van der Waals surface area (Å²) in [5.41, 5.74) is 10.1. The van der Waals surface area contributed by atoms with Crippen LogP contribution < -0.4 is 0 Å². The largest absolute Gasteiger partial charge is 0.388 e. The molecule has 0 bridgehead atoms. The lowest BCUT2D eigenvalue weighted by Crippen LogP contribution is -2.31. The lowest BCUT2D eigenvalue weighted by atomic mass is 9.70. The molecule has 1 N–H and O–H groups in total. The molecule has 2 heteroatoms. The molecule has 0 aromatic heterocycles. The Morgan fingerprint density at radius 1 is 0.600 bits per heavy atom. The maximum atomic E-state index is 12.9. The number of Topliss-reactive ketones (excluding diaryl/α,β-unsaturated/α-hetero) is 1. The Hall–Kier alpha value is -3.49. The highest BCUT2D eigenvalue weighted by Crippen LogP contribution is 2.57. The summed E-state index contributed by atoms with van der Waals surface area (Å²) in [6, 6.07) is 33.9. The van der Waals surface area contributed by atoms with Gasteiger partial charge in [-0.05, 0) is 89.3 Å². The summed E-state index contributed by atoms with van der Waals surface area (Å²) in [4.78, 5) is 12.9. The fourth-order valence-electron chi connectivity index (χ4n) is 8.56. The van der Waals surface area contributed by atoms with Crippen LogP contribution in [-0.4, -0.2) is 10.9 Å². The van der Waals surface area contributed by atoms with Gasteiger partial charge in [-0.25, -0.2) is 0 Å². The predicted molar refractivity (Wildman–Crippen MR) is 161 cm³/mol. The summed E-state index contributed by atoms with van der Waals surface area (Å²) in [6.45, 7) is 4.44. The van der Waals surface area contributed by atoms with Crippen LogP contribution in [0.2, 0.25) is 0 Å². The number of hydrogen-bond acceptors (Lipinski definition) is 2. The van der Waals surface area contributed by atoms with Gasteiger partial charge in [0.15, 0.2) is 5.78 Å². The van der Waals surface area contributed by atoms with Crippen LogP contribution in [0.25, 0.3) is 0 Å². The number of aliphatic hydroxyl groups is 1. The number of carbonyl (C=O) groups is 1. The first kappa shape index (κ1) is 25.5. The molecule has 0 heterocycles. The quantitative estimate of drug-likeness (QED) is 0.286. The standard InChI is InChI=1S/C19H20O.C19H18O/c2*1-19(12-14-7-3-5-9-16(14)18(19)20)17-11-10-13-6-2-4-8-15(13)17/h2-9,17-18,20H,10-12H2,1H3;2-9,17H,10-12H2,1H3. The van der Waals surface area contributed by atoms with Crippen molar-refractivity contribution in [2.75, 3.05) is 0 Å². The van der Waals surface area contributed by atoms with E-state index in [0.29, 0.717) is 17.6 Å². The molecular formula is C38H38O2. The third kappa shape index (κ3) is 3.84. The van der Waals surface area contributed by atoms with Crippen LogP contribution in [-0.2, 0) is 25.7 Å². The van der Waals surface area contributed by atoms with E-state index in [2.05, 4.69) is 86.6 Å². The van der Waals surface area contributed by atoms with Gasteiger partial charge in [0.1, 0.15) is 0 Å². The van der Waals surface area contributed by atoms with E-state index in [-0.39, 0.29) is 16.9 Å². The van der Waals surface area contributed by atoms with Crippen molar-refractivity contribution in [1.82, 2.24) is 0 Å². The van der Waals surface area contributed by atoms with E-state index in [1.165, 1.54) is 39.8 Å². The van der Waals surface area contributed by atoms with Crippen LogP contribution in [0.1, 0.15) is 93.9 Å². The van der Waals surface area contributed by atoms with Crippen LogP contribution in [0, 0.1) is 10.8 Å². The highest BCUT2D eigenvalue weighted by molar-refractivity contribution is 6.05. The molecule has 4 aliphatic carbocycles. The van der Waals surface area contributed by atoms with E-state index >= 15 is 0 Å². The van der Waals surface area contributed by atoms with E-state index in [1.54, 1.807) is 0 Å². The Morgan fingerprint density at radius 3 is 1.73 bits per heavy atom. The molecule has 0 spiro atoms. The van der Waals surface area contributed by atoms with Crippen LogP contribution >= 0.6 is 0 Å². The first-order valence-corrected chi connectivity index (χ1v) is 14.9. The minimum Gasteiger partial charge on any atom is -0.388 e. The average Bonchev–Trinajstić information content (AvgIpc) is 3.73. The van der Waals surface area contributed by atoms with Gasteiger partial charge in [-0.1, -0.05) is 111 Å². The lowest BCUT2D eigenvalue weighted by Gasteiger charge is -2.35. The second kappa shape index (κ2) is 9.56. The summed E-state index contributed by atoms with van der Waals surface area (Å²) < 4.78 is 0. The first-order chi connectivity index (χ1) is 19.4. The molecule has 202 valence electrons. The zero-order valence-electron chi connectivity index (χ0n) is 23.6. The maximum Gasteiger partial charge on any atom is 0.169 e. The van der Waals surface area contributed by atoms with E-state index in [4.69, 9.17) is 0 Å². The van der Waals surface area contributed by atoms with Gasteiger partial charge < -0.3 is 5.11 Å². The van der Waals surface area contributed by atoms with Crippen molar-refractivity contribution < 1.29 is 9.90 Å². The molecule has 8 rings (SSSR count). The Balaban J connectivity index is 0.000000132. The molecule has 5 atom stereocenters. The molecule has 0 saturated heterocycles. The van der Waals surface area contributed by atoms with E-state index in [1.807, 2.05) is 24.3 Å². The minimum atomic E-state index is -0.338. The number of fused-ring (bicyclic) bond motifs is 4. The van der Waals surface area contributed by atoms with Crippen molar-refractivity contribution in [3.8, 4) is 0 Å². The number of ketones is 1. The number of carbonyl (C=O) groups excluding carboxylic acids is 1. The number of aryl methyl sites for hydroxylation is 2. The van der Waals surface area contributed by atoms with Crippen molar-refractivity contribution >= 4 is 5.78 Å². The van der Waals surface area contributed by atoms with Gasteiger partial charge >= 0.3 is 0 Å². The predicted octanol–water partition coefficient (Wildman–Crippen LogP) is 8.17. The van der Waals surface area contributed by atoms with E-state index in [9.17, 15) is 9.90 Å². The maximum absolute atomic E-state index is 12.9. The van der Waals surface area contributed by atoms with Crippen LogP contribution in [0.4, 0.5) is 0 Å². The molecule has 0 fully saturated rings. The highest BCUT2D eigenvalue weighted by atomic mass is 16.3. The third-order valence-electron chi connectivity index (χ3n) is 10.7. The molecule has 0 aliphatic heterocycles. The van der Waals surface area contributed by atoms with Gasteiger partial charge in [0.2, 0.25) is 0 Å². The third-order valence-corrected chi connectivity index (χ3v) is 10.7. The fraction of sp³-hybridized carbons (Fsp3) is 0.342. The zero-order chi connectivity index (χ0) is 27.5. The van der Waals surface area contributed by atoms with Crippen LogP contribution in [0.15, 0.2) is 97.1 Å². The highest BCUT2D eigenvalue weighted by Gasteiger charge is 2.50. The topological polar surface area (TPSA) is 37.3 Å². The Kier molecular flexibility index (Phi) is 6.09. The molecule has 2 nitrogen and oxygen atoms in total. The number of aliphatic hydroxyl groups excluding tert-OH is 1. The van der Waals surface area contributed by atoms with Crippen molar-refractivity contribution in [3.05, 3.63) is 142 Å². The molecule has 0 amide bonds. The van der Waals surface area contributed by atoms with Crippen molar-refractivity contribution in [2.24, 2.45) is 10.8 Å². The van der Waals surface area contributed by atoms with Crippen molar-refractivity contribution in [2.45, 2.75) is 70.3 Å². The number of rotatable bonds is 2. The smallest absolute Gasteiger partial charge is 0.169 e. The first-order valence-electron chi connectivity index (χ1n) is 14.9. The van der Waals surface area contributed by atoms with Crippen molar-refractivity contribution in [1.29, 1.82) is 0 Å². The van der Waals surface area contributed by atoms with E-state index in [0.717, 1.165) is 43.2 Å². The minimum absolute atomic E-state index is 0.0592. The summed E-state index contributed by atoms with van der Waals surface area (Å²) in [5.74, 6) is 1.19. The normalized spacial score (nSPS) is 29.3. The summed E-state index contributed by atoms with van der Waals surface area (Å²) >= 11 is 0. The second-order valence-corrected chi connectivity index (χ2v) is 12.9. The monoisotopic (exact) mass is 526 g/mol. The van der Waals surface area contributed by atoms with Gasteiger partial charge in [0, 0.05) is 16.4 Å². The Bertz CT molecular complexity index is 1600. The second-order valence-electron chi connectivity index (χ2n) is 12.9. The lowest BCUT2D eigenvalue weighted by molar-refractivity contribution is 0.0311. The SMILES string of the molecule is CC1(C2CCc3ccccc32)Cc2ccccc2C1=O.CC1(C2CCc3ccccc32)Cc2ccccc2C1O. The average molecular weight is 527 g/mol. The number of benzene rings is 4. The Labute approximate surface area is 238 Å². The van der Waals surface area contributed by atoms with Crippen molar-refractivity contribution in [3.63, 3.8) is 0 Å². The Morgan fingerprint density at radius 2 is 1.10 bits per heavy atom. The van der Waals surface area contributed by atoms with Gasteiger partial charge in [0.25, 0.3) is 0 Å². The molecule has 5 unspecified atom stereocenters. The van der Waals surface area contributed by atoms with Gasteiger partial charge in [-0.15, -0.1) is 0 Å². The molecule has 0 saturated carbocycles.